The van der Waals surface area contributed by atoms with Crippen LogP contribution in [0.15, 0.2) is 24.3 Å². The molecule has 0 atom stereocenters. The van der Waals surface area contributed by atoms with Crippen molar-refractivity contribution < 1.29 is 23.9 Å². The highest BCUT2D eigenvalue weighted by Crippen LogP contribution is 2.13. The van der Waals surface area contributed by atoms with Crippen LogP contribution in [0.3, 0.4) is 0 Å². The molecule has 0 bridgehead atoms. The molecule has 2 rings (SSSR count). The van der Waals surface area contributed by atoms with E-state index >= 15 is 0 Å². The summed E-state index contributed by atoms with van der Waals surface area (Å²) in [6.45, 7) is 3.43. The van der Waals surface area contributed by atoms with Crippen LogP contribution in [0.5, 0.6) is 5.75 Å². The van der Waals surface area contributed by atoms with Gasteiger partial charge in [-0.2, -0.15) is 0 Å². The van der Waals surface area contributed by atoms with Crippen molar-refractivity contribution in [1.29, 1.82) is 0 Å². The first kappa shape index (κ1) is 17.0. The highest BCUT2D eigenvalue weighted by Gasteiger charge is 2.20. The van der Waals surface area contributed by atoms with Gasteiger partial charge in [0.05, 0.1) is 19.7 Å². The van der Waals surface area contributed by atoms with Crippen molar-refractivity contribution in [1.82, 2.24) is 10.2 Å². The van der Waals surface area contributed by atoms with E-state index in [1.54, 1.807) is 36.1 Å². The molecule has 1 aromatic carbocycles. The molecule has 0 radical (unpaired) electrons. The minimum atomic E-state index is -0.440. The Balaban J connectivity index is 1.87. The average Bonchev–Trinajstić information content (AvgIpc) is 2.56. The Morgan fingerprint density at radius 1 is 1.26 bits per heavy atom. The van der Waals surface area contributed by atoms with Crippen molar-refractivity contribution in [2.45, 2.75) is 6.92 Å². The zero-order chi connectivity index (χ0) is 16.7. The fourth-order valence-electron chi connectivity index (χ4n) is 2.16. The van der Waals surface area contributed by atoms with E-state index < -0.39 is 5.97 Å². The Morgan fingerprint density at radius 2 is 2.00 bits per heavy atom. The summed E-state index contributed by atoms with van der Waals surface area (Å²) in [6, 6.07) is 6.48. The molecule has 0 saturated carbocycles. The van der Waals surface area contributed by atoms with Crippen LogP contribution in [0.1, 0.15) is 17.3 Å². The monoisotopic (exact) mass is 320 g/mol. The molecule has 0 aliphatic carbocycles. The second-order valence-corrected chi connectivity index (χ2v) is 5.03. The quantitative estimate of drug-likeness (QED) is 0.572. The van der Waals surface area contributed by atoms with E-state index in [9.17, 15) is 14.4 Å². The maximum atomic E-state index is 12.2. The molecular weight excluding hydrogens is 300 g/mol. The molecule has 1 N–H and O–H groups in total. The molecule has 23 heavy (non-hydrogen) atoms. The maximum absolute atomic E-state index is 12.2. The van der Waals surface area contributed by atoms with E-state index in [0.29, 0.717) is 31.0 Å². The normalized spacial score (nSPS) is 14.5. The molecule has 7 heteroatoms. The molecule has 1 heterocycles. The minimum Gasteiger partial charge on any atom is -0.482 e. The van der Waals surface area contributed by atoms with Gasteiger partial charge in [0, 0.05) is 18.7 Å². The Hall–Kier alpha value is -2.41. The summed E-state index contributed by atoms with van der Waals surface area (Å²) in [4.78, 5) is 36.6. The number of piperazine rings is 1. The van der Waals surface area contributed by atoms with Crippen LogP contribution in [-0.2, 0) is 14.3 Å². The number of amides is 1. The number of rotatable bonds is 7. The highest BCUT2D eigenvalue weighted by molar-refractivity contribution is 5.99. The van der Waals surface area contributed by atoms with Gasteiger partial charge < -0.3 is 19.7 Å². The van der Waals surface area contributed by atoms with Crippen LogP contribution in [0.25, 0.3) is 0 Å². The Bertz CT molecular complexity index is 570. The van der Waals surface area contributed by atoms with E-state index in [1.807, 2.05) is 0 Å². The summed E-state index contributed by atoms with van der Waals surface area (Å²) in [5.74, 6) is -0.158. The summed E-state index contributed by atoms with van der Waals surface area (Å²) in [5.41, 5.74) is 0.500. The molecule has 1 aromatic rings. The van der Waals surface area contributed by atoms with Crippen molar-refractivity contribution in [3.63, 3.8) is 0 Å². The maximum Gasteiger partial charge on any atom is 0.344 e. The number of nitrogens with zero attached hydrogens (tertiary/aromatic N) is 1. The van der Waals surface area contributed by atoms with Crippen LogP contribution in [-0.4, -0.2) is 62.0 Å². The van der Waals surface area contributed by atoms with E-state index in [-0.39, 0.29) is 31.4 Å². The first-order chi connectivity index (χ1) is 11.1. The average molecular weight is 320 g/mol. The molecule has 1 amide bonds. The molecule has 0 aromatic heterocycles. The largest absolute Gasteiger partial charge is 0.482 e. The van der Waals surface area contributed by atoms with Gasteiger partial charge in [0.1, 0.15) is 5.75 Å². The predicted molar refractivity (Wildman–Crippen MR) is 82.4 cm³/mol. The summed E-state index contributed by atoms with van der Waals surface area (Å²) < 4.78 is 10.0. The molecular formula is C16H20N2O5. The fourth-order valence-corrected chi connectivity index (χ4v) is 2.16. The van der Waals surface area contributed by atoms with Gasteiger partial charge in [-0.05, 0) is 31.2 Å². The van der Waals surface area contributed by atoms with Gasteiger partial charge in [-0.3, -0.25) is 9.59 Å². The Labute approximate surface area is 134 Å². The number of nitrogens with one attached hydrogen (secondary N) is 1. The van der Waals surface area contributed by atoms with Gasteiger partial charge in [-0.1, -0.05) is 0 Å². The standard InChI is InChI=1S/C16H20N2O5/c1-2-22-16(21)11-23-13-5-3-12(4-6-13)14(19)10-18-8-7-17-9-15(18)20/h3-6,17H,2,7-11H2,1H3. The van der Waals surface area contributed by atoms with Gasteiger partial charge in [-0.15, -0.1) is 0 Å². The lowest BCUT2D eigenvalue weighted by molar-refractivity contribution is -0.145. The molecule has 7 nitrogen and oxygen atoms in total. The van der Waals surface area contributed by atoms with Crippen molar-refractivity contribution in [3.8, 4) is 5.75 Å². The first-order valence-electron chi connectivity index (χ1n) is 7.50. The van der Waals surface area contributed by atoms with Crippen molar-refractivity contribution >= 4 is 17.7 Å². The number of hydrogen-bond donors (Lipinski definition) is 1. The minimum absolute atomic E-state index is 0.0704. The lowest BCUT2D eigenvalue weighted by atomic mass is 10.1. The molecule has 0 spiro atoms. The van der Waals surface area contributed by atoms with Crippen molar-refractivity contribution in [2.24, 2.45) is 0 Å². The number of carbonyl (C=O) groups is 3. The zero-order valence-corrected chi connectivity index (χ0v) is 13.0. The van der Waals surface area contributed by atoms with Crippen LogP contribution in [0.2, 0.25) is 0 Å². The lowest BCUT2D eigenvalue weighted by Gasteiger charge is -2.26. The molecule has 1 fully saturated rings. The third-order valence-corrected chi connectivity index (χ3v) is 3.36. The van der Waals surface area contributed by atoms with E-state index in [1.165, 1.54) is 0 Å². The molecule has 1 aliphatic rings. The van der Waals surface area contributed by atoms with Gasteiger partial charge in [-0.25, -0.2) is 4.79 Å². The van der Waals surface area contributed by atoms with E-state index in [2.05, 4.69) is 5.32 Å². The SMILES string of the molecule is CCOC(=O)COc1ccc(C(=O)CN2CCNCC2=O)cc1. The van der Waals surface area contributed by atoms with Crippen LogP contribution in [0, 0.1) is 0 Å². The second-order valence-electron chi connectivity index (χ2n) is 5.03. The predicted octanol–water partition coefficient (Wildman–Crippen LogP) is 0.243. The number of esters is 1. The number of carbonyl (C=O) groups excluding carboxylic acids is 3. The summed E-state index contributed by atoms with van der Waals surface area (Å²) in [6.07, 6.45) is 0. The first-order valence-corrected chi connectivity index (χ1v) is 7.50. The van der Waals surface area contributed by atoms with Gasteiger partial charge in [0.25, 0.3) is 0 Å². The molecule has 124 valence electrons. The molecule has 1 aliphatic heterocycles. The van der Waals surface area contributed by atoms with Crippen LogP contribution < -0.4 is 10.1 Å². The van der Waals surface area contributed by atoms with Gasteiger partial charge >= 0.3 is 5.97 Å². The van der Waals surface area contributed by atoms with Crippen molar-refractivity contribution in [2.75, 3.05) is 39.4 Å². The summed E-state index contributed by atoms with van der Waals surface area (Å²) >= 11 is 0. The number of ether oxygens (including phenoxy) is 2. The van der Waals surface area contributed by atoms with E-state index in [0.717, 1.165) is 0 Å². The van der Waals surface area contributed by atoms with Gasteiger partial charge in [0.2, 0.25) is 5.91 Å². The number of ketones is 1. The van der Waals surface area contributed by atoms with Crippen LogP contribution >= 0.6 is 0 Å². The third kappa shape index (κ3) is 5.07. The molecule has 0 unspecified atom stereocenters. The number of Topliss-reactive ketones (excluding diaryl/α,β-unsaturated/α-hetero) is 1. The van der Waals surface area contributed by atoms with E-state index in [4.69, 9.17) is 9.47 Å². The Morgan fingerprint density at radius 3 is 2.65 bits per heavy atom. The highest BCUT2D eigenvalue weighted by atomic mass is 16.6. The van der Waals surface area contributed by atoms with Crippen molar-refractivity contribution in [3.05, 3.63) is 29.8 Å². The summed E-state index contributed by atoms with van der Waals surface area (Å²) in [5, 5.41) is 2.96. The molecule has 1 saturated heterocycles. The fraction of sp³-hybridized carbons (Fsp3) is 0.438. The zero-order valence-electron chi connectivity index (χ0n) is 13.0. The second kappa shape index (κ2) is 8.28. The van der Waals surface area contributed by atoms with Gasteiger partial charge in [0.15, 0.2) is 12.4 Å². The lowest BCUT2D eigenvalue weighted by Crippen LogP contribution is -2.49. The Kier molecular flexibility index (Phi) is 6.10. The third-order valence-electron chi connectivity index (χ3n) is 3.36. The smallest absolute Gasteiger partial charge is 0.344 e. The summed E-state index contributed by atoms with van der Waals surface area (Å²) in [7, 11) is 0. The number of benzene rings is 1. The number of hydrogen-bond acceptors (Lipinski definition) is 6. The van der Waals surface area contributed by atoms with Crippen LogP contribution in [0.4, 0.5) is 0 Å². The topological polar surface area (TPSA) is 84.9 Å².